The molecule has 1 saturated heterocycles. The van der Waals surface area contributed by atoms with Gasteiger partial charge in [0.2, 0.25) is 5.91 Å². The highest BCUT2D eigenvalue weighted by Crippen LogP contribution is 2.38. The van der Waals surface area contributed by atoms with Gasteiger partial charge in [-0.05, 0) is 12.8 Å². The third-order valence-electron chi connectivity index (χ3n) is 3.93. The molecule has 1 aromatic rings. The number of amides is 1. The summed E-state index contributed by atoms with van der Waals surface area (Å²) in [6.07, 6.45) is 1.84. The molecular formula is C15H19ClN2O3. The molecule has 0 unspecified atom stereocenters. The molecule has 1 fully saturated rings. The molecule has 1 aromatic carbocycles. The summed E-state index contributed by atoms with van der Waals surface area (Å²) in [6.45, 7) is 4.31. The van der Waals surface area contributed by atoms with Crippen LogP contribution in [-0.2, 0) is 4.79 Å². The standard InChI is InChI=1S/C15H19ClN2O3/c1-10(19)18-4-2-11(3-5-18)17-13-9-15-14(8-12(13)16)20-6-7-21-15/h8-9,11,17H,2-7H2,1H3. The largest absolute Gasteiger partial charge is 0.486 e. The van der Waals surface area contributed by atoms with Crippen LogP contribution >= 0.6 is 11.6 Å². The molecule has 0 aromatic heterocycles. The maximum absolute atomic E-state index is 11.3. The highest BCUT2D eigenvalue weighted by Gasteiger charge is 2.22. The van der Waals surface area contributed by atoms with Crippen molar-refractivity contribution in [3.63, 3.8) is 0 Å². The lowest BCUT2D eigenvalue weighted by Crippen LogP contribution is -2.41. The van der Waals surface area contributed by atoms with E-state index in [1.165, 1.54) is 0 Å². The quantitative estimate of drug-likeness (QED) is 0.912. The Balaban J connectivity index is 1.67. The molecule has 2 aliphatic heterocycles. The number of hydrogen-bond donors (Lipinski definition) is 1. The van der Waals surface area contributed by atoms with Crippen molar-refractivity contribution >= 4 is 23.2 Å². The predicted molar refractivity (Wildman–Crippen MR) is 81.3 cm³/mol. The lowest BCUT2D eigenvalue weighted by atomic mass is 10.0. The Hall–Kier alpha value is -1.62. The van der Waals surface area contributed by atoms with Gasteiger partial charge in [0, 0.05) is 38.2 Å². The number of carbonyl (C=O) groups is 1. The van der Waals surface area contributed by atoms with E-state index < -0.39 is 0 Å². The second kappa shape index (κ2) is 6.02. The maximum atomic E-state index is 11.3. The predicted octanol–water partition coefficient (Wildman–Crippen LogP) is 2.53. The molecule has 0 bridgehead atoms. The molecule has 2 heterocycles. The average Bonchev–Trinajstić information content (AvgIpc) is 2.48. The first kappa shape index (κ1) is 14.3. The van der Waals surface area contributed by atoms with Gasteiger partial charge in [-0.25, -0.2) is 0 Å². The van der Waals surface area contributed by atoms with E-state index in [1.54, 1.807) is 13.0 Å². The van der Waals surface area contributed by atoms with Crippen LogP contribution in [0, 0.1) is 0 Å². The van der Waals surface area contributed by atoms with Crippen molar-refractivity contribution in [3.05, 3.63) is 17.2 Å². The van der Waals surface area contributed by atoms with E-state index in [-0.39, 0.29) is 5.91 Å². The number of carbonyl (C=O) groups excluding carboxylic acids is 1. The van der Waals surface area contributed by atoms with E-state index >= 15 is 0 Å². The zero-order valence-electron chi connectivity index (χ0n) is 12.0. The molecule has 0 spiro atoms. The summed E-state index contributed by atoms with van der Waals surface area (Å²) in [6, 6.07) is 4.01. The molecule has 21 heavy (non-hydrogen) atoms. The van der Waals surface area contributed by atoms with Crippen molar-refractivity contribution in [2.24, 2.45) is 0 Å². The molecule has 1 amide bonds. The molecule has 0 aliphatic carbocycles. The number of benzene rings is 1. The number of nitrogens with zero attached hydrogens (tertiary/aromatic N) is 1. The first-order valence-electron chi connectivity index (χ1n) is 7.24. The average molecular weight is 311 g/mol. The molecular weight excluding hydrogens is 292 g/mol. The third kappa shape index (κ3) is 3.18. The Morgan fingerprint density at radius 3 is 2.48 bits per heavy atom. The van der Waals surface area contributed by atoms with Crippen LogP contribution < -0.4 is 14.8 Å². The van der Waals surface area contributed by atoms with Crippen molar-refractivity contribution in [1.82, 2.24) is 4.90 Å². The third-order valence-corrected chi connectivity index (χ3v) is 4.24. The Morgan fingerprint density at radius 1 is 1.24 bits per heavy atom. The molecule has 0 saturated carbocycles. The molecule has 2 aliphatic rings. The Morgan fingerprint density at radius 2 is 1.86 bits per heavy atom. The number of ether oxygens (including phenoxy) is 2. The topological polar surface area (TPSA) is 50.8 Å². The minimum Gasteiger partial charge on any atom is -0.486 e. The lowest BCUT2D eigenvalue weighted by Gasteiger charge is -2.32. The van der Waals surface area contributed by atoms with E-state index in [2.05, 4.69) is 5.32 Å². The van der Waals surface area contributed by atoms with Crippen LogP contribution in [-0.4, -0.2) is 43.2 Å². The first-order valence-corrected chi connectivity index (χ1v) is 7.62. The van der Waals surface area contributed by atoms with Gasteiger partial charge in [-0.1, -0.05) is 11.6 Å². The van der Waals surface area contributed by atoms with Gasteiger partial charge in [-0.15, -0.1) is 0 Å². The Labute approximate surface area is 129 Å². The molecule has 0 atom stereocenters. The van der Waals surface area contributed by atoms with Crippen LogP contribution in [0.3, 0.4) is 0 Å². The monoisotopic (exact) mass is 310 g/mol. The van der Waals surface area contributed by atoms with Crippen LogP contribution in [0.1, 0.15) is 19.8 Å². The highest BCUT2D eigenvalue weighted by molar-refractivity contribution is 6.33. The molecule has 1 N–H and O–H groups in total. The SMILES string of the molecule is CC(=O)N1CCC(Nc2cc3c(cc2Cl)OCCO3)CC1. The van der Waals surface area contributed by atoms with Crippen LogP contribution in [0.4, 0.5) is 5.69 Å². The van der Waals surface area contributed by atoms with Gasteiger partial charge in [0.15, 0.2) is 11.5 Å². The molecule has 6 heteroatoms. The summed E-state index contributed by atoms with van der Waals surface area (Å²) in [4.78, 5) is 13.2. The second-order valence-electron chi connectivity index (χ2n) is 5.40. The van der Waals surface area contributed by atoms with Gasteiger partial charge in [0.05, 0.1) is 10.7 Å². The van der Waals surface area contributed by atoms with Gasteiger partial charge < -0.3 is 19.7 Å². The summed E-state index contributed by atoms with van der Waals surface area (Å²) in [7, 11) is 0. The number of nitrogens with one attached hydrogen (secondary N) is 1. The summed E-state index contributed by atoms with van der Waals surface area (Å²) in [5, 5.41) is 4.09. The summed E-state index contributed by atoms with van der Waals surface area (Å²) < 4.78 is 11.1. The van der Waals surface area contributed by atoms with Crippen molar-refractivity contribution in [2.45, 2.75) is 25.8 Å². The maximum Gasteiger partial charge on any atom is 0.219 e. The first-order chi connectivity index (χ1) is 10.1. The number of rotatable bonds is 2. The number of hydrogen-bond acceptors (Lipinski definition) is 4. The number of anilines is 1. The van der Waals surface area contributed by atoms with Gasteiger partial charge in [-0.2, -0.15) is 0 Å². The number of piperidine rings is 1. The van der Waals surface area contributed by atoms with Gasteiger partial charge in [0.25, 0.3) is 0 Å². The molecule has 114 valence electrons. The second-order valence-corrected chi connectivity index (χ2v) is 5.81. The number of halogens is 1. The Bertz CT molecular complexity index is 542. The lowest BCUT2D eigenvalue weighted by molar-refractivity contribution is -0.129. The highest BCUT2D eigenvalue weighted by atomic mass is 35.5. The van der Waals surface area contributed by atoms with E-state index in [4.69, 9.17) is 21.1 Å². The molecule has 3 rings (SSSR count). The van der Waals surface area contributed by atoms with Gasteiger partial charge in [0.1, 0.15) is 13.2 Å². The fourth-order valence-corrected chi connectivity index (χ4v) is 2.94. The summed E-state index contributed by atoms with van der Waals surface area (Å²) >= 11 is 6.30. The summed E-state index contributed by atoms with van der Waals surface area (Å²) in [5.41, 5.74) is 0.863. The zero-order chi connectivity index (χ0) is 14.8. The van der Waals surface area contributed by atoms with Crippen LogP contribution in [0.2, 0.25) is 5.02 Å². The van der Waals surface area contributed by atoms with E-state index in [0.29, 0.717) is 30.0 Å². The fourth-order valence-electron chi connectivity index (χ4n) is 2.73. The van der Waals surface area contributed by atoms with Crippen molar-refractivity contribution in [3.8, 4) is 11.5 Å². The van der Waals surface area contributed by atoms with E-state index in [9.17, 15) is 4.79 Å². The molecule has 5 nitrogen and oxygen atoms in total. The van der Waals surface area contributed by atoms with Crippen molar-refractivity contribution in [2.75, 3.05) is 31.6 Å². The fraction of sp³-hybridized carbons (Fsp3) is 0.533. The normalized spacial score (nSPS) is 18.5. The minimum absolute atomic E-state index is 0.144. The molecule has 0 radical (unpaired) electrons. The Kier molecular flexibility index (Phi) is 4.10. The smallest absolute Gasteiger partial charge is 0.219 e. The number of likely N-dealkylation sites (tertiary alicyclic amines) is 1. The van der Waals surface area contributed by atoms with Crippen LogP contribution in [0.5, 0.6) is 11.5 Å². The number of fused-ring (bicyclic) bond motifs is 1. The van der Waals surface area contributed by atoms with Gasteiger partial charge in [-0.3, -0.25) is 4.79 Å². The van der Waals surface area contributed by atoms with E-state index in [0.717, 1.165) is 37.4 Å². The van der Waals surface area contributed by atoms with Crippen molar-refractivity contribution in [1.29, 1.82) is 0 Å². The van der Waals surface area contributed by atoms with E-state index in [1.807, 2.05) is 11.0 Å². The van der Waals surface area contributed by atoms with Crippen molar-refractivity contribution < 1.29 is 14.3 Å². The van der Waals surface area contributed by atoms with Crippen LogP contribution in [0.15, 0.2) is 12.1 Å². The van der Waals surface area contributed by atoms with Gasteiger partial charge >= 0.3 is 0 Å². The summed E-state index contributed by atoms with van der Waals surface area (Å²) in [5.74, 6) is 1.57. The van der Waals surface area contributed by atoms with Crippen LogP contribution in [0.25, 0.3) is 0 Å². The minimum atomic E-state index is 0.144. The zero-order valence-corrected chi connectivity index (χ0v) is 12.8.